The highest BCUT2D eigenvalue weighted by molar-refractivity contribution is 5.95. The molecule has 0 aromatic rings. The highest BCUT2D eigenvalue weighted by atomic mass is 16.4. The Morgan fingerprint density at radius 1 is 0.857 bits per heavy atom. The van der Waals surface area contributed by atoms with E-state index in [1.807, 2.05) is 0 Å². The molecule has 0 aromatic carbocycles. The van der Waals surface area contributed by atoms with Gasteiger partial charge in [-0.25, -0.2) is 4.79 Å². The van der Waals surface area contributed by atoms with Gasteiger partial charge in [0.15, 0.2) is 0 Å². The minimum Gasteiger partial charge on any atom is -0.481 e. The molecule has 0 aliphatic heterocycles. The summed E-state index contributed by atoms with van der Waals surface area (Å²) >= 11 is 0. The lowest BCUT2D eigenvalue weighted by Gasteiger charge is -2.28. The third-order valence-corrected chi connectivity index (χ3v) is 5.40. The fourth-order valence-corrected chi connectivity index (χ4v) is 3.07. The van der Waals surface area contributed by atoms with E-state index in [1.54, 1.807) is 13.8 Å². The third kappa shape index (κ3) is 12.7. The van der Waals surface area contributed by atoms with Gasteiger partial charge in [-0.15, -0.1) is 0 Å². The van der Waals surface area contributed by atoms with Crippen LogP contribution in [0.4, 0.5) is 0 Å². The molecule has 0 aromatic heterocycles. The fourth-order valence-electron chi connectivity index (χ4n) is 3.07. The molecule has 0 aliphatic carbocycles. The number of nitrogens with two attached hydrogens (primary N) is 3. The Morgan fingerprint density at radius 3 is 1.94 bits per heavy atom. The van der Waals surface area contributed by atoms with E-state index in [0.29, 0.717) is 25.8 Å². The van der Waals surface area contributed by atoms with E-state index < -0.39 is 66.2 Å². The zero-order valence-corrected chi connectivity index (χ0v) is 20.1. The predicted molar refractivity (Wildman–Crippen MR) is 124 cm³/mol. The van der Waals surface area contributed by atoms with Gasteiger partial charge in [0, 0.05) is 6.42 Å². The molecular weight excluding hydrogens is 464 g/mol. The SMILES string of the molecule is CCC(C)C(NC(=O)C(N)CCC(=O)O)C(=O)NC(CCCCN)C(=O)NC(CC(N)=O)C(=O)O. The monoisotopic (exact) mass is 502 g/mol. The van der Waals surface area contributed by atoms with E-state index in [9.17, 15) is 33.9 Å². The molecule has 5 unspecified atom stereocenters. The van der Waals surface area contributed by atoms with Crippen LogP contribution in [-0.2, 0) is 28.8 Å². The fraction of sp³-hybridized carbons (Fsp3) is 0.714. The van der Waals surface area contributed by atoms with Crippen LogP contribution in [0, 0.1) is 5.92 Å². The highest BCUT2D eigenvalue weighted by Gasteiger charge is 2.32. The van der Waals surface area contributed by atoms with Crippen molar-refractivity contribution in [1.82, 2.24) is 16.0 Å². The quantitative estimate of drug-likeness (QED) is 0.0935. The summed E-state index contributed by atoms with van der Waals surface area (Å²) in [5.41, 5.74) is 16.3. The Labute approximate surface area is 203 Å². The van der Waals surface area contributed by atoms with Gasteiger partial charge in [-0.05, 0) is 38.1 Å². The van der Waals surface area contributed by atoms with E-state index in [1.165, 1.54) is 0 Å². The van der Waals surface area contributed by atoms with Crippen LogP contribution in [0.3, 0.4) is 0 Å². The van der Waals surface area contributed by atoms with E-state index in [-0.39, 0.29) is 25.2 Å². The van der Waals surface area contributed by atoms with Gasteiger partial charge >= 0.3 is 11.9 Å². The van der Waals surface area contributed by atoms with Gasteiger partial charge in [0.05, 0.1) is 12.5 Å². The standard InChI is InChI=1S/C21H38N6O8/c1-3-11(2)17(27-18(31)12(23)7-8-16(29)30)20(33)25-13(6-4-5-9-22)19(32)26-14(21(34)35)10-15(24)28/h11-14,17H,3-10,22-23H2,1-2H3,(H2,24,28)(H,25,33)(H,26,32)(H,27,31)(H,29,30)(H,34,35). The summed E-state index contributed by atoms with van der Waals surface area (Å²) in [4.78, 5) is 71.5. The number of carboxylic acids is 2. The molecule has 0 heterocycles. The molecular formula is C21H38N6O8. The number of nitrogens with one attached hydrogen (secondary N) is 3. The number of carbonyl (C=O) groups excluding carboxylic acids is 4. The van der Waals surface area contributed by atoms with Gasteiger partial charge < -0.3 is 43.4 Å². The van der Waals surface area contributed by atoms with Crippen molar-refractivity contribution < 1.29 is 39.0 Å². The first kappa shape index (κ1) is 31.7. The van der Waals surface area contributed by atoms with E-state index in [0.717, 1.165) is 0 Å². The van der Waals surface area contributed by atoms with Crippen molar-refractivity contribution in [1.29, 1.82) is 0 Å². The van der Waals surface area contributed by atoms with Gasteiger partial charge in [0.2, 0.25) is 23.6 Å². The first-order chi connectivity index (χ1) is 16.3. The van der Waals surface area contributed by atoms with E-state index in [4.69, 9.17) is 22.3 Å². The van der Waals surface area contributed by atoms with Crippen molar-refractivity contribution in [3.05, 3.63) is 0 Å². The van der Waals surface area contributed by atoms with Crippen molar-refractivity contribution in [2.24, 2.45) is 23.1 Å². The van der Waals surface area contributed by atoms with E-state index in [2.05, 4.69) is 16.0 Å². The van der Waals surface area contributed by atoms with Crippen LogP contribution in [0.15, 0.2) is 0 Å². The molecule has 200 valence electrons. The first-order valence-corrected chi connectivity index (χ1v) is 11.4. The smallest absolute Gasteiger partial charge is 0.326 e. The lowest BCUT2D eigenvalue weighted by Crippen LogP contribution is -2.58. The number of primary amides is 1. The Bertz CT molecular complexity index is 762. The molecule has 0 radical (unpaired) electrons. The average molecular weight is 503 g/mol. The number of aliphatic carboxylic acids is 2. The maximum Gasteiger partial charge on any atom is 0.326 e. The maximum absolute atomic E-state index is 13.1. The van der Waals surface area contributed by atoms with Gasteiger partial charge in [0.25, 0.3) is 0 Å². The van der Waals surface area contributed by atoms with Crippen LogP contribution in [0.5, 0.6) is 0 Å². The van der Waals surface area contributed by atoms with Crippen LogP contribution < -0.4 is 33.2 Å². The lowest BCUT2D eigenvalue weighted by atomic mass is 9.96. The summed E-state index contributed by atoms with van der Waals surface area (Å²) in [7, 11) is 0. The molecule has 0 rings (SSSR count). The molecule has 0 bridgehead atoms. The van der Waals surface area contributed by atoms with Crippen LogP contribution in [0.1, 0.15) is 58.8 Å². The molecule has 4 amide bonds. The summed E-state index contributed by atoms with van der Waals surface area (Å²) < 4.78 is 0. The molecule has 14 heteroatoms. The van der Waals surface area contributed by atoms with Crippen molar-refractivity contribution in [2.75, 3.05) is 6.54 Å². The Hall–Kier alpha value is -3.26. The van der Waals surface area contributed by atoms with Crippen LogP contribution in [-0.4, -0.2) is 76.5 Å². The van der Waals surface area contributed by atoms with Crippen molar-refractivity contribution in [3.63, 3.8) is 0 Å². The number of carboxylic acid groups (broad SMARTS) is 2. The minimum atomic E-state index is -1.58. The molecule has 0 spiro atoms. The van der Waals surface area contributed by atoms with Crippen molar-refractivity contribution in [2.45, 2.75) is 83.0 Å². The average Bonchev–Trinajstić information content (AvgIpc) is 2.78. The second-order valence-corrected chi connectivity index (χ2v) is 8.33. The minimum absolute atomic E-state index is 0.122. The molecule has 14 nitrogen and oxygen atoms in total. The topological polar surface area (TPSA) is 257 Å². The van der Waals surface area contributed by atoms with Crippen LogP contribution in [0.2, 0.25) is 0 Å². The maximum atomic E-state index is 13.1. The normalized spacial score (nSPS) is 15.1. The summed E-state index contributed by atoms with van der Waals surface area (Å²) in [5.74, 6) is -6.15. The van der Waals surface area contributed by atoms with Crippen LogP contribution in [0.25, 0.3) is 0 Å². The van der Waals surface area contributed by atoms with Gasteiger partial charge in [0.1, 0.15) is 18.1 Å². The number of rotatable bonds is 18. The Balaban J connectivity index is 5.56. The summed E-state index contributed by atoms with van der Waals surface area (Å²) in [5, 5.41) is 25.3. The number of hydrogen-bond acceptors (Lipinski definition) is 8. The number of carbonyl (C=O) groups is 6. The zero-order chi connectivity index (χ0) is 27.1. The Morgan fingerprint density at radius 2 is 1.46 bits per heavy atom. The van der Waals surface area contributed by atoms with Gasteiger partial charge in [-0.2, -0.15) is 0 Å². The molecule has 0 aliphatic rings. The molecule has 35 heavy (non-hydrogen) atoms. The van der Waals surface area contributed by atoms with Crippen molar-refractivity contribution in [3.8, 4) is 0 Å². The number of hydrogen-bond donors (Lipinski definition) is 8. The number of unbranched alkanes of at least 4 members (excludes halogenated alkanes) is 1. The summed E-state index contributed by atoms with van der Waals surface area (Å²) in [6.45, 7) is 3.82. The summed E-state index contributed by atoms with van der Waals surface area (Å²) in [6.07, 6.45) is 0.481. The van der Waals surface area contributed by atoms with E-state index >= 15 is 0 Å². The Kier molecular flexibility index (Phi) is 14.9. The number of amides is 4. The highest BCUT2D eigenvalue weighted by Crippen LogP contribution is 2.11. The van der Waals surface area contributed by atoms with Gasteiger partial charge in [-0.3, -0.25) is 24.0 Å². The van der Waals surface area contributed by atoms with Crippen molar-refractivity contribution >= 4 is 35.6 Å². The van der Waals surface area contributed by atoms with Gasteiger partial charge in [-0.1, -0.05) is 20.3 Å². The van der Waals surface area contributed by atoms with Crippen LogP contribution >= 0.6 is 0 Å². The molecule has 0 saturated carbocycles. The summed E-state index contributed by atoms with van der Waals surface area (Å²) in [6, 6.07) is -4.99. The zero-order valence-electron chi connectivity index (χ0n) is 20.1. The molecule has 0 saturated heterocycles. The third-order valence-electron chi connectivity index (χ3n) is 5.40. The molecule has 0 fully saturated rings. The largest absolute Gasteiger partial charge is 0.481 e. The molecule has 11 N–H and O–H groups in total. The lowest BCUT2D eigenvalue weighted by molar-refractivity contribution is -0.144. The second-order valence-electron chi connectivity index (χ2n) is 8.33. The second kappa shape index (κ2) is 16.4. The predicted octanol–water partition coefficient (Wildman–Crippen LogP) is -2.23. The molecule has 5 atom stereocenters. The first-order valence-electron chi connectivity index (χ1n) is 11.4.